The molecule has 0 bridgehead atoms. The van der Waals surface area contributed by atoms with E-state index in [-0.39, 0.29) is 5.91 Å². The molecule has 1 atom stereocenters. The third-order valence-corrected chi connectivity index (χ3v) is 3.77. The van der Waals surface area contributed by atoms with Gasteiger partial charge in [0.2, 0.25) is 11.8 Å². The van der Waals surface area contributed by atoms with Gasteiger partial charge in [0.05, 0.1) is 0 Å². The van der Waals surface area contributed by atoms with Crippen LogP contribution in [0.2, 0.25) is 0 Å². The van der Waals surface area contributed by atoms with E-state index in [9.17, 15) is 14.4 Å². The molecule has 1 heterocycles. The maximum atomic E-state index is 12.4. The monoisotopic (exact) mass is 341 g/mol. The van der Waals surface area contributed by atoms with Gasteiger partial charge in [-0.05, 0) is 60.8 Å². The number of amides is 3. The molecule has 0 saturated carbocycles. The molecule has 7 heteroatoms. The maximum Gasteiger partial charge on any atom is 0.408 e. The Morgan fingerprint density at radius 1 is 1.00 bits per heavy atom. The molecule has 0 unspecified atom stereocenters. The van der Waals surface area contributed by atoms with E-state index in [1.54, 1.807) is 46.4 Å². The highest BCUT2D eigenvalue weighted by Crippen LogP contribution is 2.12. The number of hydrogen-bond donors (Lipinski definition) is 2. The van der Waals surface area contributed by atoms with E-state index >= 15 is 0 Å². The average molecular weight is 341 g/mol. The van der Waals surface area contributed by atoms with Crippen molar-refractivity contribution in [2.45, 2.75) is 78.0 Å². The van der Waals surface area contributed by atoms with Crippen LogP contribution in [-0.4, -0.2) is 53.1 Å². The molecule has 24 heavy (non-hydrogen) atoms. The summed E-state index contributed by atoms with van der Waals surface area (Å²) < 4.78 is 5.17. The second-order valence-corrected chi connectivity index (χ2v) is 7.83. The Morgan fingerprint density at radius 2 is 1.54 bits per heavy atom. The first kappa shape index (κ1) is 20.3. The summed E-state index contributed by atoms with van der Waals surface area (Å²) in [6, 6.07) is -0.629. The van der Waals surface area contributed by atoms with Crippen molar-refractivity contribution in [1.82, 2.24) is 15.5 Å². The highest BCUT2D eigenvalue weighted by atomic mass is 16.6. The summed E-state index contributed by atoms with van der Waals surface area (Å²) in [5.74, 6) is -0.512. The lowest BCUT2D eigenvalue weighted by Gasteiger charge is -2.32. The van der Waals surface area contributed by atoms with Gasteiger partial charge in [-0.3, -0.25) is 9.59 Å². The third-order valence-electron chi connectivity index (χ3n) is 3.77. The molecule has 1 aliphatic heterocycles. The summed E-state index contributed by atoms with van der Waals surface area (Å²) in [6.45, 7) is 11.5. The number of piperidine rings is 1. The zero-order valence-corrected chi connectivity index (χ0v) is 15.7. The fourth-order valence-corrected chi connectivity index (χ4v) is 2.44. The van der Waals surface area contributed by atoms with Crippen molar-refractivity contribution >= 4 is 17.9 Å². The Kier molecular flexibility index (Phi) is 6.63. The van der Waals surface area contributed by atoms with E-state index in [2.05, 4.69) is 10.6 Å². The summed E-state index contributed by atoms with van der Waals surface area (Å²) in [7, 11) is 0. The topological polar surface area (TPSA) is 87.7 Å². The first-order chi connectivity index (χ1) is 10.9. The van der Waals surface area contributed by atoms with E-state index < -0.39 is 29.2 Å². The van der Waals surface area contributed by atoms with Crippen LogP contribution in [-0.2, 0) is 14.3 Å². The number of nitrogens with one attached hydrogen (secondary N) is 2. The van der Waals surface area contributed by atoms with Gasteiger partial charge in [-0.15, -0.1) is 0 Å². The predicted molar refractivity (Wildman–Crippen MR) is 91.5 cm³/mol. The van der Waals surface area contributed by atoms with Gasteiger partial charge in [-0.1, -0.05) is 0 Å². The van der Waals surface area contributed by atoms with E-state index in [0.717, 1.165) is 32.4 Å². The van der Waals surface area contributed by atoms with Gasteiger partial charge in [0, 0.05) is 13.1 Å². The smallest absolute Gasteiger partial charge is 0.408 e. The molecule has 2 N–H and O–H groups in total. The fourth-order valence-electron chi connectivity index (χ4n) is 2.44. The molecule has 0 aromatic heterocycles. The minimum absolute atomic E-state index is 0.0869. The Balaban J connectivity index is 2.57. The molecule has 0 aromatic rings. The number of nitrogens with zero attached hydrogens (tertiary/aromatic N) is 1. The van der Waals surface area contributed by atoms with Gasteiger partial charge in [0.15, 0.2) is 0 Å². The molecular weight excluding hydrogens is 310 g/mol. The van der Waals surface area contributed by atoms with E-state index in [1.165, 1.54) is 0 Å². The number of carbonyl (C=O) groups excluding carboxylic acids is 3. The van der Waals surface area contributed by atoms with Crippen molar-refractivity contribution in [3.63, 3.8) is 0 Å². The molecule has 1 rings (SSSR count). The van der Waals surface area contributed by atoms with Gasteiger partial charge >= 0.3 is 6.09 Å². The maximum absolute atomic E-state index is 12.4. The SMILES string of the molecule is C[C@H](NC(=O)C(C)(C)NC(=O)OC(C)(C)C)C(=O)N1CCCCC1. The summed E-state index contributed by atoms with van der Waals surface area (Å²) in [5, 5.41) is 5.22. The van der Waals surface area contributed by atoms with Gasteiger partial charge in [-0.25, -0.2) is 4.79 Å². The van der Waals surface area contributed by atoms with Crippen molar-refractivity contribution in [3.8, 4) is 0 Å². The first-order valence-electron chi connectivity index (χ1n) is 8.53. The van der Waals surface area contributed by atoms with E-state index in [1.807, 2.05) is 0 Å². The Labute approximate surface area is 144 Å². The summed E-state index contributed by atoms with van der Waals surface area (Å²) in [5.41, 5.74) is -1.83. The Hall–Kier alpha value is -1.79. The number of alkyl carbamates (subject to hydrolysis) is 1. The van der Waals surface area contributed by atoms with Crippen LogP contribution >= 0.6 is 0 Å². The summed E-state index contributed by atoms with van der Waals surface area (Å²) >= 11 is 0. The van der Waals surface area contributed by atoms with Crippen LogP contribution in [0.15, 0.2) is 0 Å². The second-order valence-electron chi connectivity index (χ2n) is 7.83. The number of likely N-dealkylation sites (tertiary alicyclic amines) is 1. The van der Waals surface area contributed by atoms with Crippen LogP contribution in [0.3, 0.4) is 0 Å². The molecular formula is C17H31N3O4. The van der Waals surface area contributed by atoms with Crippen molar-refractivity contribution in [2.24, 2.45) is 0 Å². The Morgan fingerprint density at radius 3 is 2.04 bits per heavy atom. The first-order valence-corrected chi connectivity index (χ1v) is 8.53. The highest BCUT2D eigenvalue weighted by Gasteiger charge is 2.34. The van der Waals surface area contributed by atoms with Crippen molar-refractivity contribution in [3.05, 3.63) is 0 Å². The molecule has 3 amide bonds. The normalized spacial score (nSPS) is 17.0. The van der Waals surface area contributed by atoms with Gasteiger partial charge < -0.3 is 20.3 Å². The molecule has 7 nitrogen and oxygen atoms in total. The van der Waals surface area contributed by atoms with Crippen LogP contribution in [0.1, 0.15) is 60.8 Å². The quantitative estimate of drug-likeness (QED) is 0.816. The largest absolute Gasteiger partial charge is 0.444 e. The minimum atomic E-state index is -1.18. The molecule has 1 saturated heterocycles. The lowest BCUT2D eigenvalue weighted by atomic mass is 10.0. The molecule has 0 spiro atoms. The predicted octanol–water partition coefficient (Wildman–Crippen LogP) is 1.81. The summed E-state index contributed by atoms with van der Waals surface area (Å²) in [4.78, 5) is 38.4. The fraction of sp³-hybridized carbons (Fsp3) is 0.824. The second kappa shape index (κ2) is 7.85. The highest BCUT2D eigenvalue weighted by molar-refractivity contribution is 5.93. The van der Waals surface area contributed by atoms with Gasteiger partial charge in [-0.2, -0.15) is 0 Å². The lowest BCUT2D eigenvalue weighted by molar-refractivity contribution is -0.138. The molecule has 1 fully saturated rings. The number of rotatable bonds is 4. The van der Waals surface area contributed by atoms with Crippen LogP contribution in [0.4, 0.5) is 4.79 Å². The standard InChI is InChI=1S/C17H31N3O4/c1-12(13(21)20-10-8-7-9-11-20)18-14(22)17(5,6)19-15(23)24-16(2,3)4/h12H,7-11H2,1-6H3,(H,18,22)(H,19,23)/t12-/m0/s1. The summed E-state index contributed by atoms with van der Waals surface area (Å²) in [6.07, 6.45) is 2.46. The van der Waals surface area contributed by atoms with Crippen molar-refractivity contribution in [2.75, 3.05) is 13.1 Å². The van der Waals surface area contributed by atoms with Crippen molar-refractivity contribution < 1.29 is 19.1 Å². The average Bonchev–Trinajstić information content (AvgIpc) is 2.44. The molecule has 138 valence electrons. The molecule has 1 aliphatic rings. The van der Waals surface area contributed by atoms with Gasteiger partial charge in [0.25, 0.3) is 0 Å². The van der Waals surface area contributed by atoms with Crippen LogP contribution < -0.4 is 10.6 Å². The molecule has 0 aromatic carbocycles. The zero-order chi connectivity index (χ0) is 18.5. The lowest BCUT2D eigenvalue weighted by Crippen LogP contribution is -2.59. The molecule has 0 radical (unpaired) electrons. The van der Waals surface area contributed by atoms with Gasteiger partial charge in [0.1, 0.15) is 17.2 Å². The van der Waals surface area contributed by atoms with E-state index in [4.69, 9.17) is 4.74 Å². The van der Waals surface area contributed by atoms with Crippen LogP contribution in [0, 0.1) is 0 Å². The van der Waals surface area contributed by atoms with Crippen LogP contribution in [0.25, 0.3) is 0 Å². The van der Waals surface area contributed by atoms with Crippen molar-refractivity contribution in [1.29, 1.82) is 0 Å². The van der Waals surface area contributed by atoms with E-state index in [0.29, 0.717) is 0 Å². The molecule has 0 aliphatic carbocycles. The zero-order valence-electron chi connectivity index (χ0n) is 15.7. The minimum Gasteiger partial charge on any atom is -0.444 e. The number of hydrogen-bond acceptors (Lipinski definition) is 4. The van der Waals surface area contributed by atoms with Crippen LogP contribution in [0.5, 0.6) is 0 Å². The third kappa shape index (κ3) is 6.37. The Bertz CT molecular complexity index is 477. The number of ether oxygens (including phenoxy) is 1. The number of carbonyl (C=O) groups is 3.